The Balaban J connectivity index is 0. The quantitative estimate of drug-likeness (QED) is 0.380. The molecule has 0 spiro atoms. The van der Waals surface area contributed by atoms with Crippen molar-refractivity contribution in [1.82, 2.24) is 4.98 Å². The van der Waals surface area contributed by atoms with Crippen LogP contribution in [0.3, 0.4) is 0 Å². The Bertz CT molecular complexity index is 365. The molecule has 82 valence electrons. The number of carbonyl (C=O) groups is 1. The second kappa shape index (κ2) is 7.74. The van der Waals surface area contributed by atoms with E-state index >= 15 is 0 Å². The molecule has 0 atom stereocenters. The van der Waals surface area contributed by atoms with Gasteiger partial charge >= 0.3 is 37.7 Å². The van der Waals surface area contributed by atoms with Gasteiger partial charge in [-0.15, -0.1) is 6.07 Å². The van der Waals surface area contributed by atoms with E-state index in [4.69, 9.17) is 4.74 Å². The number of aromatic nitrogens is 1. The number of carbonyl (C=O) groups excluding carboxylic acids is 1. The van der Waals surface area contributed by atoms with Gasteiger partial charge in [-0.2, -0.15) is 6.92 Å². The molecular weight excluding hydrogens is 206 g/mol. The molecule has 6 heteroatoms. The zero-order valence-corrected chi connectivity index (χ0v) is 11.2. The van der Waals surface area contributed by atoms with Crippen molar-refractivity contribution in [2.45, 2.75) is 26.4 Å². The van der Waals surface area contributed by atoms with Gasteiger partial charge in [0.2, 0.25) is 6.09 Å². The largest absolute Gasteiger partial charge is 1.00 e. The van der Waals surface area contributed by atoms with Gasteiger partial charge in [0.15, 0.2) is 0 Å². The molecule has 17 heavy (non-hydrogen) atoms. The first-order valence-corrected chi connectivity index (χ1v) is 4.59. The smallest absolute Gasteiger partial charge is 0.647 e. The standard InChI is InChI=1S/C11H15N2O2.2Li/c1-8-5-6-12-7-9(8)13-10(14)15-11(2,3)4;;/h5-7H,1H2,2-4H3,(H,13,14);;/q-1;2*+1/p-1. The van der Waals surface area contributed by atoms with Gasteiger partial charge in [0.1, 0.15) is 5.60 Å². The summed E-state index contributed by atoms with van der Waals surface area (Å²) in [4.78, 5) is 15.2. The fraction of sp³-hybridized carbons (Fsp3) is 0.364. The van der Waals surface area contributed by atoms with Gasteiger partial charge in [-0.3, -0.25) is 9.78 Å². The van der Waals surface area contributed by atoms with E-state index < -0.39 is 11.7 Å². The van der Waals surface area contributed by atoms with Crippen LogP contribution in [0.25, 0.3) is 5.32 Å². The van der Waals surface area contributed by atoms with Crippen LogP contribution in [0.1, 0.15) is 26.3 Å². The number of hydrogen-bond acceptors (Lipinski definition) is 3. The molecule has 0 saturated heterocycles. The molecule has 0 aliphatic rings. The number of rotatable bonds is 1. The summed E-state index contributed by atoms with van der Waals surface area (Å²) in [6, 6.07) is 1.68. The first-order chi connectivity index (χ1) is 6.88. The van der Waals surface area contributed by atoms with Gasteiger partial charge in [0, 0.05) is 0 Å². The van der Waals surface area contributed by atoms with Crippen molar-refractivity contribution in [2.75, 3.05) is 0 Å². The number of hydrogen-bond donors (Lipinski definition) is 0. The van der Waals surface area contributed by atoms with Crippen molar-refractivity contribution in [3.63, 3.8) is 0 Å². The van der Waals surface area contributed by atoms with Gasteiger partial charge in [0.25, 0.3) is 0 Å². The van der Waals surface area contributed by atoms with Crippen LogP contribution in [-0.2, 0) is 4.74 Å². The Kier molecular flexibility index (Phi) is 8.58. The van der Waals surface area contributed by atoms with Crippen molar-refractivity contribution in [3.8, 4) is 0 Å². The molecule has 1 aromatic rings. The van der Waals surface area contributed by atoms with Crippen molar-refractivity contribution in [3.05, 3.63) is 36.3 Å². The van der Waals surface area contributed by atoms with Crippen LogP contribution in [0.5, 0.6) is 0 Å². The summed E-state index contributed by atoms with van der Waals surface area (Å²) in [5, 5.41) is 3.76. The summed E-state index contributed by atoms with van der Waals surface area (Å²) < 4.78 is 5.04. The molecule has 0 radical (unpaired) electrons. The maximum atomic E-state index is 11.3. The Morgan fingerprint density at radius 1 is 1.41 bits per heavy atom. The SMILES string of the molecule is [CH2-]c1ccncc1[N-]C(=O)OC(C)(C)C.[Li+].[Li+]. The van der Waals surface area contributed by atoms with Gasteiger partial charge < -0.3 is 10.1 Å². The maximum Gasteiger partial charge on any atom is 1.00 e. The molecular formula is C11H14Li2N2O2. The average Bonchev–Trinajstić information content (AvgIpc) is 2.05. The molecule has 0 N–H and O–H groups in total. The van der Waals surface area contributed by atoms with Crippen LogP contribution in [0.2, 0.25) is 0 Å². The fourth-order valence-corrected chi connectivity index (χ4v) is 0.899. The monoisotopic (exact) mass is 220 g/mol. The summed E-state index contributed by atoms with van der Waals surface area (Å²) in [6.45, 7) is 9.09. The third-order valence-corrected chi connectivity index (χ3v) is 1.49. The summed E-state index contributed by atoms with van der Waals surface area (Å²) in [5.41, 5.74) is 0.548. The molecule has 1 rings (SSSR count). The van der Waals surface area contributed by atoms with E-state index in [2.05, 4.69) is 17.2 Å². The van der Waals surface area contributed by atoms with Crippen molar-refractivity contribution >= 4 is 11.8 Å². The normalized spacial score (nSPS) is 9.59. The first kappa shape index (κ1) is 18.8. The maximum absolute atomic E-state index is 11.3. The minimum absolute atomic E-state index is 0. The molecule has 0 aliphatic carbocycles. The summed E-state index contributed by atoms with van der Waals surface area (Å²) in [6.07, 6.45) is 2.45. The average molecular weight is 220 g/mol. The Labute approximate surface area is 126 Å². The topological polar surface area (TPSA) is 53.3 Å². The molecule has 1 heterocycles. The van der Waals surface area contributed by atoms with Crippen LogP contribution in [0.4, 0.5) is 10.5 Å². The Morgan fingerprint density at radius 3 is 2.47 bits per heavy atom. The molecule has 1 aromatic heterocycles. The third kappa shape index (κ3) is 7.42. The van der Waals surface area contributed by atoms with E-state index in [0.717, 1.165) is 0 Å². The number of nitrogens with zero attached hydrogens (tertiary/aromatic N) is 2. The number of amides is 1. The summed E-state index contributed by atoms with van der Waals surface area (Å²) in [5.74, 6) is 0. The zero-order valence-electron chi connectivity index (χ0n) is 11.2. The van der Waals surface area contributed by atoms with Gasteiger partial charge in [-0.1, -0.05) is 0 Å². The van der Waals surface area contributed by atoms with Gasteiger partial charge in [0.05, 0.1) is 0 Å². The van der Waals surface area contributed by atoms with E-state index in [1.54, 1.807) is 33.0 Å². The minimum Gasteiger partial charge on any atom is -0.647 e. The van der Waals surface area contributed by atoms with E-state index in [1.807, 2.05) is 0 Å². The van der Waals surface area contributed by atoms with Crippen LogP contribution in [0.15, 0.2) is 18.5 Å². The van der Waals surface area contributed by atoms with Crippen LogP contribution >= 0.6 is 0 Å². The van der Waals surface area contributed by atoms with Crippen molar-refractivity contribution in [1.29, 1.82) is 0 Å². The second-order valence-corrected chi connectivity index (χ2v) is 4.10. The van der Waals surface area contributed by atoms with E-state index in [9.17, 15) is 4.79 Å². The van der Waals surface area contributed by atoms with Crippen LogP contribution in [-0.4, -0.2) is 16.7 Å². The second-order valence-electron chi connectivity index (χ2n) is 4.10. The summed E-state index contributed by atoms with van der Waals surface area (Å²) in [7, 11) is 0. The van der Waals surface area contributed by atoms with Crippen molar-refractivity contribution < 1.29 is 47.3 Å². The summed E-state index contributed by atoms with van der Waals surface area (Å²) >= 11 is 0. The molecule has 0 aromatic carbocycles. The third-order valence-electron chi connectivity index (χ3n) is 1.49. The Morgan fingerprint density at radius 2 is 2.00 bits per heavy atom. The van der Waals surface area contributed by atoms with Gasteiger partial charge in [-0.05, 0) is 33.2 Å². The van der Waals surface area contributed by atoms with Crippen LogP contribution in [0, 0.1) is 6.92 Å². The van der Waals surface area contributed by atoms with E-state index in [0.29, 0.717) is 11.3 Å². The molecule has 1 amide bonds. The van der Waals surface area contributed by atoms with Crippen molar-refractivity contribution in [2.24, 2.45) is 0 Å². The number of pyridine rings is 1. The molecule has 0 fully saturated rings. The van der Waals surface area contributed by atoms with Gasteiger partial charge in [-0.25, -0.2) is 11.3 Å². The molecule has 0 saturated carbocycles. The van der Waals surface area contributed by atoms with E-state index in [1.165, 1.54) is 6.20 Å². The zero-order chi connectivity index (χ0) is 11.5. The molecule has 0 aliphatic heterocycles. The van der Waals surface area contributed by atoms with Crippen LogP contribution < -0.4 is 37.7 Å². The van der Waals surface area contributed by atoms with E-state index in [-0.39, 0.29) is 37.7 Å². The molecule has 0 unspecified atom stereocenters. The predicted molar refractivity (Wildman–Crippen MR) is 57.9 cm³/mol. The molecule has 4 nitrogen and oxygen atoms in total. The Hall–Kier alpha value is -0.515. The predicted octanol–water partition coefficient (Wildman–Crippen LogP) is -2.79. The fourth-order valence-electron chi connectivity index (χ4n) is 0.899. The first-order valence-electron chi connectivity index (χ1n) is 4.59. The number of ether oxygens (including phenoxy) is 1. The molecule has 0 bridgehead atoms. The minimum atomic E-state index is -0.625.